The number of aliphatic hydroxyl groups is 1. The van der Waals surface area contributed by atoms with E-state index in [0.29, 0.717) is 5.56 Å². The van der Waals surface area contributed by atoms with Crippen molar-refractivity contribution in [2.75, 3.05) is 6.61 Å². The van der Waals surface area contributed by atoms with Gasteiger partial charge in [-0.1, -0.05) is 30.3 Å². The Labute approximate surface area is 99.6 Å². The van der Waals surface area contributed by atoms with E-state index in [1.54, 1.807) is 19.1 Å². The van der Waals surface area contributed by atoms with Crippen molar-refractivity contribution < 1.29 is 14.6 Å². The van der Waals surface area contributed by atoms with Crippen LogP contribution < -0.4 is 0 Å². The van der Waals surface area contributed by atoms with Gasteiger partial charge in [0.05, 0.1) is 11.7 Å². The number of benzene rings is 2. The zero-order chi connectivity index (χ0) is 12.3. The Bertz CT molecular complexity index is 532. The predicted octanol–water partition coefficient (Wildman–Crippen LogP) is 2.38. The zero-order valence-electron chi connectivity index (χ0n) is 9.59. The minimum absolute atomic E-state index is 0.0195. The van der Waals surface area contributed by atoms with Gasteiger partial charge in [-0.05, 0) is 29.8 Å². The van der Waals surface area contributed by atoms with E-state index in [-0.39, 0.29) is 6.61 Å². The lowest BCUT2D eigenvalue weighted by atomic mass is 10.1. The fourth-order valence-electron chi connectivity index (χ4n) is 1.60. The molecule has 17 heavy (non-hydrogen) atoms. The molecule has 3 heteroatoms. The molecule has 0 saturated heterocycles. The largest absolute Gasteiger partial charge is 0.459 e. The Morgan fingerprint density at radius 1 is 1.24 bits per heavy atom. The van der Waals surface area contributed by atoms with E-state index in [1.165, 1.54) is 0 Å². The van der Waals surface area contributed by atoms with Gasteiger partial charge in [-0.3, -0.25) is 0 Å². The maximum absolute atomic E-state index is 11.7. The average Bonchev–Trinajstić information content (AvgIpc) is 2.35. The molecule has 0 fully saturated rings. The van der Waals surface area contributed by atoms with Crippen LogP contribution >= 0.6 is 0 Å². The molecule has 0 aliphatic carbocycles. The van der Waals surface area contributed by atoms with Gasteiger partial charge in [0, 0.05) is 0 Å². The van der Waals surface area contributed by atoms with Gasteiger partial charge < -0.3 is 9.84 Å². The van der Waals surface area contributed by atoms with Crippen molar-refractivity contribution in [2.24, 2.45) is 0 Å². The van der Waals surface area contributed by atoms with Gasteiger partial charge in [0.25, 0.3) is 0 Å². The molecule has 3 nitrogen and oxygen atoms in total. The molecular weight excluding hydrogens is 216 g/mol. The Morgan fingerprint density at radius 3 is 2.65 bits per heavy atom. The van der Waals surface area contributed by atoms with Crippen molar-refractivity contribution in [1.82, 2.24) is 0 Å². The highest BCUT2D eigenvalue weighted by Crippen LogP contribution is 2.16. The fourth-order valence-corrected chi connectivity index (χ4v) is 1.60. The van der Waals surface area contributed by atoms with Crippen LogP contribution in [0.1, 0.15) is 17.3 Å². The first kappa shape index (κ1) is 11.6. The lowest BCUT2D eigenvalue weighted by Crippen LogP contribution is -2.15. The monoisotopic (exact) mass is 230 g/mol. The lowest BCUT2D eigenvalue weighted by Gasteiger charge is -2.07. The Hall–Kier alpha value is -1.87. The molecule has 0 aliphatic rings. The van der Waals surface area contributed by atoms with Crippen LogP contribution in [0.2, 0.25) is 0 Å². The summed E-state index contributed by atoms with van der Waals surface area (Å²) >= 11 is 0. The number of hydrogen-bond acceptors (Lipinski definition) is 3. The second kappa shape index (κ2) is 4.97. The van der Waals surface area contributed by atoms with Crippen LogP contribution in [0.3, 0.4) is 0 Å². The van der Waals surface area contributed by atoms with Gasteiger partial charge in [-0.2, -0.15) is 0 Å². The van der Waals surface area contributed by atoms with Gasteiger partial charge in [-0.25, -0.2) is 4.79 Å². The number of ether oxygens (including phenoxy) is 1. The van der Waals surface area contributed by atoms with E-state index in [2.05, 4.69) is 0 Å². The highest BCUT2D eigenvalue weighted by molar-refractivity contribution is 5.95. The molecule has 0 radical (unpaired) electrons. The first-order chi connectivity index (χ1) is 8.16. The standard InChI is InChI=1S/C14H14O3/c1-10(15)9-17-14(16)13-7-6-11-4-2-3-5-12(11)8-13/h2-8,10,15H,9H2,1H3. The molecule has 0 aromatic heterocycles. The van der Waals surface area contributed by atoms with Crippen LogP contribution in [0.15, 0.2) is 42.5 Å². The first-order valence-corrected chi connectivity index (χ1v) is 5.51. The molecule has 1 N–H and O–H groups in total. The van der Waals surface area contributed by atoms with Crippen LogP contribution in [-0.4, -0.2) is 23.8 Å². The highest BCUT2D eigenvalue weighted by atomic mass is 16.5. The summed E-state index contributed by atoms with van der Waals surface area (Å²) in [6.45, 7) is 1.60. The lowest BCUT2D eigenvalue weighted by molar-refractivity contribution is 0.0296. The van der Waals surface area contributed by atoms with E-state index in [9.17, 15) is 4.79 Å². The third-order valence-corrected chi connectivity index (χ3v) is 2.44. The molecule has 0 spiro atoms. The number of rotatable bonds is 3. The first-order valence-electron chi connectivity index (χ1n) is 5.51. The minimum Gasteiger partial charge on any atom is -0.459 e. The summed E-state index contributed by atoms with van der Waals surface area (Å²) in [5.74, 6) is -0.406. The number of hydrogen-bond donors (Lipinski definition) is 1. The van der Waals surface area contributed by atoms with Gasteiger partial charge in [0.15, 0.2) is 0 Å². The summed E-state index contributed by atoms with van der Waals surface area (Å²) in [7, 11) is 0. The smallest absolute Gasteiger partial charge is 0.338 e. The van der Waals surface area contributed by atoms with E-state index in [1.807, 2.05) is 30.3 Å². The van der Waals surface area contributed by atoms with Crippen LogP contribution in [0.25, 0.3) is 10.8 Å². The van der Waals surface area contributed by atoms with E-state index in [0.717, 1.165) is 10.8 Å². The summed E-state index contributed by atoms with van der Waals surface area (Å²) in [6.07, 6.45) is -0.639. The van der Waals surface area contributed by atoms with Gasteiger partial charge in [-0.15, -0.1) is 0 Å². The summed E-state index contributed by atoms with van der Waals surface area (Å²) in [5.41, 5.74) is 0.504. The van der Waals surface area contributed by atoms with Crippen molar-refractivity contribution in [3.8, 4) is 0 Å². The van der Waals surface area contributed by atoms with Gasteiger partial charge in [0.1, 0.15) is 6.61 Å². The van der Waals surface area contributed by atoms with Crippen molar-refractivity contribution in [3.05, 3.63) is 48.0 Å². The van der Waals surface area contributed by atoms with Crippen LogP contribution in [-0.2, 0) is 4.74 Å². The molecule has 1 atom stereocenters. The molecule has 88 valence electrons. The Balaban J connectivity index is 2.21. The van der Waals surface area contributed by atoms with Crippen molar-refractivity contribution >= 4 is 16.7 Å². The SMILES string of the molecule is CC(O)COC(=O)c1ccc2ccccc2c1. The van der Waals surface area contributed by atoms with E-state index in [4.69, 9.17) is 9.84 Å². The number of fused-ring (bicyclic) bond motifs is 1. The second-order valence-corrected chi connectivity index (χ2v) is 4.01. The summed E-state index contributed by atoms with van der Waals surface area (Å²) in [5, 5.41) is 11.1. The number of esters is 1. The quantitative estimate of drug-likeness (QED) is 0.823. The topological polar surface area (TPSA) is 46.5 Å². The summed E-state index contributed by atoms with van der Waals surface area (Å²) < 4.78 is 4.95. The number of aliphatic hydroxyl groups excluding tert-OH is 1. The van der Waals surface area contributed by atoms with Crippen LogP contribution in [0, 0.1) is 0 Å². The van der Waals surface area contributed by atoms with E-state index >= 15 is 0 Å². The highest BCUT2D eigenvalue weighted by Gasteiger charge is 2.08. The van der Waals surface area contributed by atoms with E-state index < -0.39 is 12.1 Å². The van der Waals surface area contributed by atoms with Crippen LogP contribution in [0.4, 0.5) is 0 Å². The zero-order valence-corrected chi connectivity index (χ0v) is 9.59. The minimum atomic E-state index is -0.639. The molecule has 0 saturated carbocycles. The normalized spacial score (nSPS) is 12.4. The molecule has 2 aromatic rings. The summed E-state index contributed by atoms with van der Waals surface area (Å²) in [6, 6.07) is 13.2. The van der Waals surface area contributed by atoms with Crippen molar-refractivity contribution in [1.29, 1.82) is 0 Å². The number of carbonyl (C=O) groups excluding carboxylic acids is 1. The second-order valence-electron chi connectivity index (χ2n) is 4.01. The molecule has 0 heterocycles. The molecule has 1 unspecified atom stereocenters. The molecule has 0 aliphatic heterocycles. The molecule has 0 bridgehead atoms. The maximum Gasteiger partial charge on any atom is 0.338 e. The molecule has 0 amide bonds. The van der Waals surface area contributed by atoms with Crippen molar-refractivity contribution in [3.63, 3.8) is 0 Å². The molecule has 2 aromatic carbocycles. The summed E-state index contributed by atoms with van der Waals surface area (Å²) in [4.78, 5) is 11.7. The maximum atomic E-state index is 11.7. The van der Waals surface area contributed by atoms with Crippen molar-refractivity contribution in [2.45, 2.75) is 13.0 Å². The molecule has 2 rings (SSSR count). The Kier molecular flexibility index (Phi) is 3.40. The van der Waals surface area contributed by atoms with Gasteiger partial charge in [0.2, 0.25) is 0 Å². The van der Waals surface area contributed by atoms with Crippen LogP contribution in [0.5, 0.6) is 0 Å². The predicted molar refractivity (Wildman–Crippen MR) is 65.9 cm³/mol. The number of carbonyl (C=O) groups is 1. The molecular formula is C14H14O3. The average molecular weight is 230 g/mol. The third-order valence-electron chi connectivity index (χ3n) is 2.44. The third kappa shape index (κ3) is 2.82. The van der Waals surface area contributed by atoms with Gasteiger partial charge >= 0.3 is 5.97 Å². The Morgan fingerprint density at radius 2 is 1.94 bits per heavy atom. The fraction of sp³-hybridized carbons (Fsp3) is 0.214.